The number of alkyl halides is 3. The van der Waals surface area contributed by atoms with E-state index in [1.807, 2.05) is 5.32 Å². The molecule has 0 unspecified atom stereocenters. The third kappa shape index (κ3) is 8.28. The molecule has 0 aromatic carbocycles. The zero-order valence-electron chi connectivity index (χ0n) is 11.2. The minimum absolute atomic E-state index is 0.861. The highest BCUT2D eigenvalue weighted by Gasteiger charge is 2.37. The lowest BCUT2D eigenvalue weighted by atomic mass is 9.98. The van der Waals surface area contributed by atoms with Gasteiger partial charge in [-0.05, 0) is 26.7 Å². The number of ether oxygens (including phenoxy) is 1. The van der Waals surface area contributed by atoms with Gasteiger partial charge in [-0.3, -0.25) is 0 Å². The zero-order valence-corrected chi connectivity index (χ0v) is 11.2. The first-order valence-electron chi connectivity index (χ1n) is 5.61. The number of rotatable bonds is 4. The van der Waals surface area contributed by atoms with Gasteiger partial charge in [-0.1, -0.05) is 6.92 Å². The van der Waals surface area contributed by atoms with Crippen molar-refractivity contribution in [2.24, 2.45) is 5.92 Å². The molecule has 5 nitrogen and oxygen atoms in total. The highest BCUT2D eigenvalue weighted by molar-refractivity contribution is 5.80. The summed E-state index contributed by atoms with van der Waals surface area (Å²) in [6.45, 7) is 5.77. The second-order valence-electron chi connectivity index (χ2n) is 5.26. The Morgan fingerprint density at radius 2 is 1.74 bits per heavy atom. The van der Waals surface area contributed by atoms with Crippen LogP contribution in [0.25, 0.3) is 0 Å². The lowest BCUT2D eigenvalue weighted by molar-refractivity contribution is -0.153. The molecular weight excluding hydrogens is 267 g/mol. The molecule has 0 aliphatic heterocycles. The smallest absolute Gasteiger partial charge is 0.408 e. The molecule has 112 valence electrons. The van der Waals surface area contributed by atoms with Gasteiger partial charge in [-0.25, -0.2) is 9.59 Å². The van der Waals surface area contributed by atoms with E-state index in [2.05, 4.69) is 0 Å². The number of hydrogen-bond donors (Lipinski definition) is 2. The predicted molar refractivity (Wildman–Crippen MR) is 60.6 cm³/mol. The van der Waals surface area contributed by atoms with Crippen LogP contribution in [0.5, 0.6) is 0 Å². The fourth-order valence-electron chi connectivity index (χ4n) is 1.36. The molecule has 0 aliphatic rings. The molecule has 2 atom stereocenters. The number of nitrogens with one attached hydrogen (secondary N) is 1. The standard InChI is InChI=1S/C11H18F3NO4/c1-6(5-11(12,13)14)7(8(16)17)15-9(18)19-10(2,3)4/h6-7H,5H2,1-4H3,(H,15,18)(H,16,17)/t6-,7-/m0/s1. The van der Waals surface area contributed by atoms with Crippen molar-refractivity contribution < 1.29 is 32.6 Å². The van der Waals surface area contributed by atoms with E-state index >= 15 is 0 Å². The van der Waals surface area contributed by atoms with E-state index in [9.17, 15) is 22.8 Å². The van der Waals surface area contributed by atoms with E-state index in [0.717, 1.165) is 6.92 Å². The summed E-state index contributed by atoms with van der Waals surface area (Å²) in [5.41, 5.74) is -0.861. The van der Waals surface area contributed by atoms with Gasteiger partial charge in [-0.2, -0.15) is 13.2 Å². The van der Waals surface area contributed by atoms with E-state index in [0.29, 0.717) is 0 Å². The molecule has 0 fully saturated rings. The normalized spacial score (nSPS) is 15.5. The average molecular weight is 285 g/mol. The summed E-state index contributed by atoms with van der Waals surface area (Å²) in [6, 6.07) is -1.66. The zero-order chi connectivity index (χ0) is 15.4. The van der Waals surface area contributed by atoms with Crippen molar-refractivity contribution in [2.75, 3.05) is 0 Å². The third-order valence-electron chi connectivity index (χ3n) is 2.06. The van der Waals surface area contributed by atoms with Crippen LogP contribution in [-0.4, -0.2) is 35.0 Å². The molecule has 0 bridgehead atoms. The van der Waals surface area contributed by atoms with Crippen molar-refractivity contribution in [1.29, 1.82) is 0 Å². The maximum Gasteiger partial charge on any atom is 0.408 e. The minimum Gasteiger partial charge on any atom is -0.480 e. The van der Waals surface area contributed by atoms with Crippen LogP contribution in [-0.2, 0) is 9.53 Å². The molecule has 1 amide bonds. The number of carbonyl (C=O) groups excluding carboxylic acids is 1. The van der Waals surface area contributed by atoms with Gasteiger partial charge in [0.15, 0.2) is 0 Å². The van der Waals surface area contributed by atoms with Crippen LogP contribution < -0.4 is 5.32 Å². The van der Waals surface area contributed by atoms with Crippen molar-refractivity contribution in [2.45, 2.75) is 51.9 Å². The molecule has 8 heteroatoms. The van der Waals surface area contributed by atoms with Crippen LogP contribution in [0.1, 0.15) is 34.1 Å². The van der Waals surface area contributed by atoms with Gasteiger partial charge in [0.2, 0.25) is 0 Å². The number of carboxylic acids is 1. The molecular formula is C11H18F3NO4. The maximum atomic E-state index is 12.2. The Morgan fingerprint density at radius 3 is 2.05 bits per heavy atom. The second-order valence-corrected chi connectivity index (χ2v) is 5.26. The summed E-state index contributed by atoms with van der Waals surface area (Å²) in [6.07, 6.45) is -6.86. The third-order valence-corrected chi connectivity index (χ3v) is 2.06. The van der Waals surface area contributed by atoms with Crippen molar-refractivity contribution in [3.05, 3.63) is 0 Å². The molecule has 0 saturated heterocycles. The largest absolute Gasteiger partial charge is 0.480 e. The molecule has 0 heterocycles. The average Bonchev–Trinajstić information content (AvgIpc) is 2.07. The Balaban J connectivity index is 4.67. The Bertz CT molecular complexity index is 336. The number of halogens is 3. The summed E-state index contributed by atoms with van der Waals surface area (Å²) >= 11 is 0. The van der Waals surface area contributed by atoms with E-state index in [1.165, 1.54) is 0 Å². The monoisotopic (exact) mass is 285 g/mol. The number of alkyl carbamates (subject to hydrolysis) is 1. The number of carbonyl (C=O) groups is 2. The summed E-state index contributed by atoms with van der Waals surface area (Å²) < 4.78 is 41.4. The molecule has 19 heavy (non-hydrogen) atoms. The van der Waals surface area contributed by atoms with Crippen LogP contribution in [0.2, 0.25) is 0 Å². The summed E-state index contributed by atoms with van der Waals surface area (Å²) in [5.74, 6) is -2.84. The second kappa shape index (κ2) is 6.12. The molecule has 0 radical (unpaired) electrons. The number of aliphatic carboxylic acids is 1. The fourth-order valence-corrected chi connectivity index (χ4v) is 1.36. The van der Waals surface area contributed by atoms with Crippen molar-refractivity contribution in [1.82, 2.24) is 5.32 Å². The van der Waals surface area contributed by atoms with Crippen LogP contribution in [0, 0.1) is 5.92 Å². The fraction of sp³-hybridized carbons (Fsp3) is 0.818. The van der Waals surface area contributed by atoms with Crippen LogP contribution in [0.3, 0.4) is 0 Å². The summed E-state index contributed by atoms with van der Waals surface area (Å²) in [7, 11) is 0. The first kappa shape index (κ1) is 17.5. The van der Waals surface area contributed by atoms with Gasteiger partial charge in [0, 0.05) is 6.42 Å². The first-order valence-corrected chi connectivity index (χ1v) is 5.61. The van der Waals surface area contributed by atoms with Gasteiger partial charge in [-0.15, -0.1) is 0 Å². The molecule has 0 aromatic rings. The van der Waals surface area contributed by atoms with Crippen molar-refractivity contribution in [3.8, 4) is 0 Å². The van der Waals surface area contributed by atoms with E-state index in [-0.39, 0.29) is 0 Å². The Morgan fingerprint density at radius 1 is 1.26 bits per heavy atom. The topological polar surface area (TPSA) is 75.6 Å². The molecule has 2 N–H and O–H groups in total. The first-order chi connectivity index (χ1) is 8.32. The van der Waals surface area contributed by atoms with Crippen molar-refractivity contribution >= 4 is 12.1 Å². The van der Waals surface area contributed by atoms with Gasteiger partial charge in [0.1, 0.15) is 11.6 Å². The van der Waals surface area contributed by atoms with E-state index in [1.54, 1.807) is 20.8 Å². The quantitative estimate of drug-likeness (QED) is 0.832. The highest BCUT2D eigenvalue weighted by atomic mass is 19.4. The number of carboxylic acid groups (broad SMARTS) is 1. The molecule has 0 saturated carbocycles. The molecule has 0 aliphatic carbocycles. The minimum atomic E-state index is -4.50. The Hall–Kier alpha value is -1.47. The maximum absolute atomic E-state index is 12.2. The van der Waals surface area contributed by atoms with Gasteiger partial charge >= 0.3 is 18.2 Å². The summed E-state index contributed by atoms with van der Waals surface area (Å²) in [5, 5.41) is 10.8. The van der Waals surface area contributed by atoms with E-state index < -0.39 is 42.2 Å². The van der Waals surface area contributed by atoms with Crippen LogP contribution in [0.4, 0.5) is 18.0 Å². The van der Waals surface area contributed by atoms with Crippen molar-refractivity contribution in [3.63, 3.8) is 0 Å². The molecule has 0 spiro atoms. The van der Waals surface area contributed by atoms with Gasteiger partial charge < -0.3 is 15.2 Å². The number of amides is 1. The molecule has 0 aromatic heterocycles. The van der Waals surface area contributed by atoms with Gasteiger partial charge in [0.05, 0.1) is 0 Å². The lowest BCUT2D eigenvalue weighted by Crippen LogP contribution is -2.47. The molecule has 0 rings (SSSR count). The summed E-state index contributed by atoms with van der Waals surface area (Å²) in [4.78, 5) is 22.3. The SMILES string of the molecule is C[C@@H](CC(F)(F)F)[C@H](NC(=O)OC(C)(C)C)C(=O)O. The van der Waals surface area contributed by atoms with Crippen LogP contribution in [0.15, 0.2) is 0 Å². The van der Waals surface area contributed by atoms with Gasteiger partial charge in [0.25, 0.3) is 0 Å². The predicted octanol–water partition coefficient (Wildman–Crippen LogP) is 2.55. The number of hydrogen-bond acceptors (Lipinski definition) is 3. The Kier molecular flexibility index (Phi) is 5.64. The lowest BCUT2D eigenvalue weighted by Gasteiger charge is -2.25. The Labute approximate surface area is 109 Å². The van der Waals surface area contributed by atoms with E-state index in [4.69, 9.17) is 9.84 Å². The highest BCUT2D eigenvalue weighted by Crippen LogP contribution is 2.26. The van der Waals surface area contributed by atoms with Crippen LogP contribution >= 0.6 is 0 Å².